The van der Waals surface area contributed by atoms with Crippen molar-refractivity contribution in [3.63, 3.8) is 0 Å². The molecular formula is C8H18Cl2F2N2. The van der Waals surface area contributed by atoms with Crippen LogP contribution in [0.5, 0.6) is 0 Å². The summed E-state index contributed by atoms with van der Waals surface area (Å²) in [6.45, 7) is 4.80. The zero-order chi connectivity index (χ0) is 9.14. The molecule has 88 valence electrons. The number of hydrogen-bond acceptors (Lipinski definition) is 2. The predicted molar refractivity (Wildman–Crippen MR) is 59.2 cm³/mol. The molecule has 0 aliphatic carbocycles. The molecule has 2 aliphatic rings. The van der Waals surface area contributed by atoms with Crippen LogP contribution in [-0.2, 0) is 0 Å². The van der Waals surface area contributed by atoms with E-state index in [0.717, 1.165) is 0 Å². The summed E-state index contributed by atoms with van der Waals surface area (Å²) in [5.74, 6) is 0. The molecule has 0 amide bonds. The lowest BCUT2D eigenvalue weighted by Crippen LogP contribution is -2.52. The summed E-state index contributed by atoms with van der Waals surface area (Å²) in [5.41, 5.74) is 0. The normalized spacial score (nSPS) is 38.6. The molecule has 2 nitrogen and oxygen atoms in total. The van der Waals surface area contributed by atoms with Crippen molar-refractivity contribution < 1.29 is 8.78 Å². The van der Waals surface area contributed by atoms with Crippen molar-refractivity contribution in [3.05, 3.63) is 0 Å². The average Bonchev–Trinajstić information content (AvgIpc) is 2.12. The SMILES string of the molecule is C[C@@H]1NC[C@H]1F.C[C@H]1NC[C@@H]1F.Cl.Cl. The number of alkyl halides is 2. The average molecular weight is 251 g/mol. The van der Waals surface area contributed by atoms with Crippen LogP contribution >= 0.6 is 24.8 Å². The second-order valence-corrected chi connectivity index (χ2v) is 3.43. The van der Waals surface area contributed by atoms with Gasteiger partial charge < -0.3 is 10.6 Å². The summed E-state index contributed by atoms with van der Waals surface area (Å²) in [6.07, 6.45) is -1.16. The highest BCUT2D eigenvalue weighted by molar-refractivity contribution is 5.85. The second kappa shape index (κ2) is 7.63. The molecule has 0 spiro atoms. The first kappa shape index (κ1) is 16.8. The second-order valence-electron chi connectivity index (χ2n) is 3.43. The molecule has 2 heterocycles. The molecule has 0 aromatic rings. The summed E-state index contributed by atoms with van der Waals surface area (Å²) in [7, 11) is 0. The Balaban J connectivity index is 0. The van der Waals surface area contributed by atoms with E-state index >= 15 is 0 Å². The zero-order valence-electron chi connectivity index (χ0n) is 8.30. The fraction of sp³-hybridized carbons (Fsp3) is 1.00. The molecule has 14 heavy (non-hydrogen) atoms. The molecule has 0 aromatic carbocycles. The van der Waals surface area contributed by atoms with E-state index in [1.165, 1.54) is 0 Å². The summed E-state index contributed by atoms with van der Waals surface area (Å²) < 4.78 is 23.7. The first-order valence-electron chi connectivity index (χ1n) is 4.36. The first-order chi connectivity index (χ1) is 5.61. The minimum absolute atomic E-state index is 0. The molecule has 2 fully saturated rings. The van der Waals surface area contributed by atoms with Crippen molar-refractivity contribution in [1.82, 2.24) is 10.6 Å². The van der Waals surface area contributed by atoms with Gasteiger partial charge in [0.1, 0.15) is 12.3 Å². The van der Waals surface area contributed by atoms with Crippen LogP contribution in [0.4, 0.5) is 8.78 Å². The van der Waals surface area contributed by atoms with E-state index in [9.17, 15) is 8.78 Å². The Morgan fingerprint density at radius 3 is 1.07 bits per heavy atom. The lowest BCUT2D eigenvalue weighted by Gasteiger charge is -2.28. The molecule has 2 rings (SSSR count). The van der Waals surface area contributed by atoms with Crippen molar-refractivity contribution in [2.75, 3.05) is 13.1 Å². The Morgan fingerprint density at radius 1 is 0.857 bits per heavy atom. The van der Waals surface area contributed by atoms with Gasteiger partial charge in [0.2, 0.25) is 0 Å². The lowest BCUT2D eigenvalue weighted by molar-refractivity contribution is 0.171. The Kier molecular flexibility index (Phi) is 9.14. The van der Waals surface area contributed by atoms with E-state index in [1.807, 2.05) is 13.8 Å². The maximum absolute atomic E-state index is 11.8. The van der Waals surface area contributed by atoms with E-state index in [4.69, 9.17) is 0 Å². The van der Waals surface area contributed by atoms with E-state index in [1.54, 1.807) is 0 Å². The van der Waals surface area contributed by atoms with Gasteiger partial charge >= 0.3 is 0 Å². The minimum Gasteiger partial charge on any atom is -0.308 e. The lowest BCUT2D eigenvalue weighted by atomic mass is 10.1. The first-order valence-corrected chi connectivity index (χ1v) is 4.36. The van der Waals surface area contributed by atoms with Gasteiger partial charge in [-0.15, -0.1) is 24.8 Å². The van der Waals surface area contributed by atoms with E-state index in [-0.39, 0.29) is 36.9 Å². The number of halogens is 4. The van der Waals surface area contributed by atoms with E-state index in [2.05, 4.69) is 10.6 Å². The van der Waals surface area contributed by atoms with Gasteiger partial charge in [0.05, 0.1) is 0 Å². The molecule has 0 saturated carbocycles. The maximum atomic E-state index is 11.8. The van der Waals surface area contributed by atoms with E-state index < -0.39 is 12.3 Å². The van der Waals surface area contributed by atoms with Crippen LogP contribution in [0.2, 0.25) is 0 Å². The number of nitrogens with one attached hydrogen (secondary N) is 2. The van der Waals surface area contributed by atoms with Crippen LogP contribution in [0.3, 0.4) is 0 Å². The highest BCUT2D eigenvalue weighted by atomic mass is 35.5. The molecule has 0 radical (unpaired) electrons. The van der Waals surface area contributed by atoms with Crippen molar-refractivity contribution in [3.8, 4) is 0 Å². The molecule has 0 unspecified atom stereocenters. The van der Waals surface area contributed by atoms with Gasteiger partial charge in [-0.3, -0.25) is 0 Å². The molecule has 2 aliphatic heterocycles. The smallest absolute Gasteiger partial charge is 0.127 e. The zero-order valence-corrected chi connectivity index (χ0v) is 9.93. The quantitative estimate of drug-likeness (QED) is 0.681. The fourth-order valence-electron chi connectivity index (χ4n) is 0.885. The van der Waals surface area contributed by atoms with Crippen LogP contribution in [0.1, 0.15) is 13.8 Å². The van der Waals surface area contributed by atoms with Crippen molar-refractivity contribution in [1.29, 1.82) is 0 Å². The van der Waals surface area contributed by atoms with Gasteiger partial charge in [-0.1, -0.05) is 0 Å². The van der Waals surface area contributed by atoms with Crippen LogP contribution < -0.4 is 10.6 Å². The van der Waals surface area contributed by atoms with Crippen LogP contribution in [0, 0.1) is 0 Å². The maximum Gasteiger partial charge on any atom is 0.127 e. The van der Waals surface area contributed by atoms with Gasteiger partial charge in [-0.2, -0.15) is 0 Å². The molecule has 2 saturated heterocycles. The van der Waals surface area contributed by atoms with Crippen molar-refractivity contribution in [2.24, 2.45) is 0 Å². The van der Waals surface area contributed by atoms with E-state index in [0.29, 0.717) is 13.1 Å². The standard InChI is InChI=1S/2C4H8FN.2ClH/c2*1-3-4(5)2-6-3;;/h2*3-4,6H,2H2,1H3;2*1H/t2*3-,4+;;/m10../s1. The summed E-state index contributed by atoms with van der Waals surface area (Å²) in [4.78, 5) is 0. The van der Waals surface area contributed by atoms with Gasteiger partial charge in [0.15, 0.2) is 0 Å². The van der Waals surface area contributed by atoms with Gasteiger partial charge in [0.25, 0.3) is 0 Å². The topological polar surface area (TPSA) is 24.1 Å². The van der Waals surface area contributed by atoms with Crippen LogP contribution in [0.25, 0.3) is 0 Å². The van der Waals surface area contributed by atoms with Crippen LogP contribution in [0.15, 0.2) is 0 Å². The Bertz CT molecular complexity index is 119. The summed E-state index contributed by atoms with van der Waals surface area (Å²) >= 11 is 0. The molecule has 6 heteroatoms. The Morgan fingerprint density at radius 2 is 1.07 bits per heavy atom. The third-order valence-corrected chi connectivity index (χ3v) is 2.35. The molecular weight excluding hydrogens is 233 g/mol. The van der Waals surface area contributed by atoms with Crippen molar-refractivity contribution in [2.45, 2.75) is 38.3 Å². The van der Waals surface area contributed by atoms with Gasteiger partial charge in [-0.05, 0) is 13.8 Å². The highest BCUT2D eigenvalue weighted by Crippen LogP contribution is 2.05. The Labute approximate surface area is 96.0 Å². The molecule has 0 bridgehead atoms. The van der Waals surface area contributed by atoms with Crippen LogP contribution in [-0.4, -0.2) is 37.5 Å². The van der Waals surface area contributed by atoms with Crippen molar-refractivity contribution >= 4 is 24.8 Å². The summed E-state index contributed by atoms with van der Waals surface area (Å²) in [6, 6.07) is 0.231. The minimum atomic E-state index is -0.579. The number of hydrogen-bond donors (Lipinski definition) is 2. The fourth-order valence-corrected chi connectivity index (χ4v) is 0.885. The monoisotopic (exact) mass is 250 g/mol. The number of rotatable bonds is 0. The molecule has 2 N–H and O–H groups in total. The third kappa shape index (κ3) is 4.73. The van der Waals surface area contributed by atoms with Gasteiger partial charge in [0, 0.05) is 25.2 Å². The highest BCUT2D eigenvalue weighted by Gasteiger charge is 2.24. The summed E-state index contributed by atoms with van der Waals surface area (Å²) in [5, 5.41) is 5.77. The molecule has 0 aromatic heterocycles. The largest absolute Gasteiger partial charge is 0.308 e. The van der Waals surface area contributed by atoms with Gasteiger partial charge in [-0.25, -0.2) is 8.78 Å². The third-order valence-electron chi connectivity index (χ3n) is 2.35. The Hall–Kier alpha value is 0.360. The predicted octanol–water partition coefficient (Wildman–Crippen LogP) is 1.48. The molecule has 4 atom stereocenters.